The van der Waals surface area contributed by atoms with Gasteiger partial charge in [0.25, 0.3) is 5.69 Å². The van der Waals surface area contributed by atoms with Crippen molar-refractivity contribution in [3.05, 3.63) is 61.4 Å². The van der Waals surface area contributed by atoms with E-state index in [-0.39, 0.29) is 28.5 Å². The van der Waals surface area contributed by atoms with Gasteiger partial charge in [0.1, 0.15) is 5.75 Å². The second kappa shape index (κ2) is 7.61. The largest absolute Gasteiger partial charge is 0.507 e. The van der Waals surface area contributed by atoms with Crippen molar-refractivity contribution < 1.29 is 24.0 Å². The van der Waals surface area contributed by atoms with Gasteiger partial charge in [-0.15, -0.1) is 0 Å². The van der Waals surface area contributed by atoms with Gasteiger partial charge < -0.3 is 14.3 Å². The minimum atomic E-state index is -0.624. The van der Waals surface area contributed by atoms with Crippen LogP contribution in [0.15, 0.2) is 45.9 Å². The molecule has 1 aromatic heterocycles. The molecule has 0 aliphatic carbocycles. The summed E-state index contributed by atoms with van der Waals surface area (Å²) in [4.78, 5) is 22.6. The van der Waals surface area contributed by atoms with Crippen molar-refractivity contribution in [3.63, 3.8) is 0 Å². The number of carbonyl (C=O) groups is 1. The minimum absolute atomic E-state index is 0.0683. The lowest BCUT2D eigenvalue weighted by Gasteiger charge is -2.00. The number of hydrazone groups is 1. The number of fused-ring (bicyclic) bond motifs is 1. The smallest absolute Gasteiger partial charge is 0.307 e. The molecule has 0 fully saturated rings. The molecule has 27 heavy (non-hydrogen) atoms. The topological polar surface area (TPSA) is 127 Å². The Morgan fingerprint density at radius 3 is 2.81 bits per heavy atom. The number of nitrogens with one attached hydrogen (secondary N) is 1. The highest BCUT2D eigenvalue weighted by Crippen LogP contribution is 2.33. The Morgan fingerprint density at radius 2 is 2.15 bits per heavy atom. The molecule has 1 amide bonds. The third-order valence-electron chi connectivity index (χ3n) is 3.57. The standard InChI is InChI=1S/C17H12IN3O6/c1-26-14-7-11(21(24)25)5-10-6-15(27-16(10)14)17(23)20-19-8-9-2-3-13(22)12(18)4-9/h2-8,22H,1H3,(H,20,23)/b19-8-. The van der Waals surface area contributed by atoms with E-state index in [1.165, 1.54) is 37.6 Å². The SMILES string of the molecule is COc1cc([N+](=O)[O-])cc2cc(C(=O)N/N=C\c3ccc(O)c(I)c3)oc12. The van der Waals surface area contributed by atoms with Gasteiger partial charge in [0, 0.05) is 11.5 Å². The van der Waals surface area contributed by atoms with E-state index < -0.39 is 10.8 Å². The quantitative estimate of drug-likeness (QED) is 0.249. The van der Waals surface area contributed by atoms with E-state index in [0.29, 0.717) is 14.5 Å². The molecule has 1 heterocycles. The van der Waals surface area contributed by atoms with Crippen molar-refractivity contribution in [2.24, 2.45) is 5.10 Å². The van der Waals surface area contributed by atoms with Crippen molar-refractivity contribution in [1.82, 2.24) is 5.43 Å². The lowest BCUT2D eigenvalue weighted by atomic mass is 10.2. The summed E-state index contributed by atoms with van der Waals surface area (Å²) in [5.74, 6) is -0.385. The number of nitrogens with zero attached hydrogens (tertiary/aromatic N) is 2. The van der Waals surface area contributed by atoms with Gasteiger partial charge in [-0.25, -0.2) is 5.43 Å². The molecule has 2 N–H and O–H groups in total. The van der Waals surface area contributed by atoms with Gasteiger partial charge in [0.2, 0.25) is 0 Å². The van der Waals surface area contributed by atoms with Gasteiger partial charge in [0.05, 0.1) is 27.9 Å². The van der Waals surface area contributed by atoms with Gasteiger partial charge >= 0.3 is 5.91 Å². The van der Waals surface area contributed by atoms with Crippen LogP contribution in [0.3, 0.4) is 0 Å². The van der Waals surface area contributed by atoms with Crippen LogP contribution in [-0.4, -0.2) is 29.3 Å². The van der Waals surface area contributed by atoms with E-state index in [2.05, 4.69) is 10.5 Å². The van der Waals surface area contributed by atoms with Gasteiger partial charge in [-0.3, -0.25) is 14.9 Å². The number of phenols is 1. The van der Waals surface area contributed by atoms with E-state index in [1.54, 1.807) is 12.1 Å². The molecule has 0 radical (unpaired) electrons. The molecule has 9 nitrogen and oxygen atoms in total. The maximum Gasteiger partial charge on any atom is 0.307 e. The second-order valence-electron chi connectivity index (χ2n) is 5.34. The summed E-state index contributed by atoms with van der Waals surface area (Å²) in [6, 6.07) is 8.73. The number of nitro benzene ring substituents is 1. The van der Waals surface area contributed by atoms with E-state index in [0.717, 1.165) is 0 Å². The summed E-state index contributed by atoms with van der Waals surface area (Å²) in [6.07, 6.45) is 1.41. The molecule has 0 aliphatic rings. The first-order chi connectivity index (χ1) is 12.9. The number of benzene rings is 2. The molecule has 0 spiro atoms. The van der Waals surface area contributed by atoms with E-state index in [4.69, 9.17) is 9.15 Å². The third-order valence-corrected chi connectivity index (χ3v) is 4.44. The predicted octanol–water partition coefficient (Wildman–Crippen LogP) is 3.42. The van der Waals surface area contributed by atoms with Gasteiger partial charge in [-0.1, -0.05) is 0 Å². The van der Waals surface area contributed by atoms with Gasteiger partial charge in [0.15, 0.2) is 17.1 Å². The number of phenolic OH excluding ortho intramolecular Hbond substituents is 1. The number of hydrogen-bond donors (Lipinski definition) is 2. The van der Waals surface area contributed by atoms with Crippen LogP contribution in [0.5, 0.6) is 11.5 Å². The average Bonchev–Trinajstić information content (AvgIpc) is 3.08. The molecule has 138 valence electrons. The number of aromatic hydroxyl groups is 1. The van der Waals surface area contributed by atoms with Crippen molar-refractivity contribution in [2.45, 2.75) is 0 Å². The highest BCUT2D eigenvalue weighted by molar-refractivity contribution is 14.1. The maximum atomic E-state index is 12.2. The zero-order chi connectivity index (χ0) is 19.6. The summed E-state index contributed by atoms with van der Waals surface area (Å²) >= 11 is 1.97. The summed E-state index contributed by atoms with van der Waals surface area (Å²) in [5, 5.41) is 24.7. The molecule has 0 saturated heterocycles. The second-order valence-corrected chi connectivity index (χ2v) is 6.51. The van der Waals surface area contributed by atoms with Crippen LogP contribution in [0.2, 0.25) is 0 Å². The molecule has 0 aliphatic heterocycles. The van der Waals surface area contributed by atoms with Crippen LogP contribution in [-0.2, 0) is 0 Å². The normalized spacial score (nSPS) is 11.0. The molecular weight excluding hydrogens is 469 g/mol. The summed E-state index contributed by atoms with van der Waals surface area (Å²) < 4.78 is 11.2. The number of furan rings is 1. The molecule has 3 aromatic rings. The average molecular weight is 481 g/mol. The molecular formula is C17H12IN3O6. The van der Waals surface area contributed by atoms with Crippen molar-refractivity contribution in [2.75, 3.05) is 7.11 Å². The molecule has 0 atom stereocenters. The first-order valence-electron chi connectivity index (χ1n) is 7.47. The van der Waals surface area contributed by atoms with Crippen molar-refractivity contribution in [1.29, 1.82) is 0 Å². The Morgan fingerprint density at radius 1 is 1.37 bits per heavy atom. The molecule has 0 bridgehead atoms. The zero-order valence-corrected chi connectivity index (χ0v) is 16.0. The molecule has 3 rings (SSSR count). The number of carbonyl (C=O) groups excluding carboxylic acids is 1. The first kappa shape index (κ1) is 18.6. The van der Waals surface area contributed by atoms with Crippen molar-refractivity contribution >= 4 is 51.4 Å². The Labute approximate surface area is 165 Å². The monoisotopic (exact) mass is 481 g/mol. The number of amides is 1. The Balaban J connectivity index is 1.82. The fraction of sp³-hybridized carbons (Fsp3) is 0.0588. The zero-order valence-electron chi connectivity index (χ0n) is 13.8. The Bertz CT molecular complexity index is 1080. The van der Waals surface area contributed by atoms with Crippen molar-refractivity contribution in [3.8, 4) is 11.5 Å². The Kier molecular flexibility index (Phi) is 5.26. The highest BCUT2D eigenvalue weighted by Gasteiger charge is 2.19. The summed E-state index contributed by atoms with van der Waals surface area (Å²) in [6.45, 7) is 0. The predicted molar refractivity (Wildman–Crippen MR) is 105 cm³/mol. The molecule has 2 aromatic carbocycles. The van der Waals surface area contributed by atoms with Crippen LogP contribution >= 0.6 is 22.6 Å². The highest BCUT2D eigenvalue weighted by atomic mass is 127. The molecule has 10 heteroatoms. The number of ether oxygens (including phenoxy) is 1. The number of non-ortho nitro benzene ring substituents is 1. The maximum absolute atomic E-state index is 12.2. The van der Waals surface area contributed by atoms with Gasteiger partial charge in [-0.05, 0) is 52.4 Å². The van der Waals surface area contributed by atoms with E-state index in [9.17, 15) is 20.0 Å². The van der Waals surface area contributed by atoms with Crippen LogP contribution in [0, 0.1) is 13.7 Å². The van der Waals surface area contributed by atoms with Crippen LogP contribution in [0.1, 0.15) is 16.1 Å². The lowest BCUT2D eigenvalue weighted by Crippen LogP contribution is -2.16. The van der Waals surface area contributed by atoms with E-state index in [1.807, 2.05) is 22.6 Å². The summed E-state index contributed by atoms with van der Waals surface area (Å²) in [7, 11) is 1.35. The van der Waals surface area contributed by atoms with E-state index >= 15 is 0 Å². The third kappa shape index (κ3) is 4.00. The van der Waals surface area contributed by atoms with Crippen LogP contribution in [0.25, 0.3) is 11.0 Å². The summed E-state index contributed by atoms with van der Waals surface area (Å²) in [5.41, 5.74) is 3.05. The Hall–Kier alpha value is -3.15. The number of methoxy groups -OCH3 is 1. The fourth-order valence-electron chi connectivity index (χ4n) is 2.30. The molecule has 0 unspecified atom stereocenters. The lowest BCUT2D eigenvalue weighted by molar-refractivity contribution is -0.384. The number of rotatable bonds is 5. The minimum Gasteiger partial charge on any atom is -0.507 e. The number of halogens is 1. The number of hydrogen-bond acceptors (Lipinski definition) is 7. The molecule has 0 saturated carbocycles. The van der Waals surface area contributed by atoms with Gasteiger partial charge in [-0.2, -0.15) is 5.10 Å². The van der Waals surface area contributed by atoms with Crippen LogP contribution in [0.4, 0.5) is 5.69 Å². The number of nitro groups is 1. The van der Waals surface area contributed by atoms with Crippen LogP contribution < -0.4 is 10.2 Å². The first-order valence-corrected chi connectivity index (χ1v) is 8.55. The fourth-order valence-corrected chi connectivity index (χ4v) is 2.84.